The van der Waals surface area contributed by atoms with E-state index in [-0.39, 0.29) is 0 Å². The normalized spacial score (nSPS) is 10.8. The number of aryl methyl sites for hydroxylation is 1. The molecule has 4 heteroatoms. The molecule has 0 saturated heterocycles. The summed E-state index contributed by atoms with van der Waals surface area (Å²) in [4.78, 5) is 4.76. The number of nitrogen functional groups attached to an aromatic ring is 1. The van der Waals surface area contributed by atoms with E-state index in [9.17, 15) is 0 Å². The van der Waals surface area contributed by atoms with E-state index in [4.69, 9.17) is 15.5 Å². The Kier molecular flexibility index (Phi) is 5.26. The highest BCUT2D eigenvalue weighted by Crippen LogP contribution is 2.28. The lowest BCUT2D eigenvalue weighted by Gasteiger charge is -2.07. The quantitative estimate of drug-likeness (QED) is 0.840. The molecule has 0 spiro atoms. The predicted octanol–water partition coefficient (Wildman–Crippen LogP) is 3.89. The maximum absolute atomic E-state index is 6.32. The van der Waals surface area contributed by atoms with Gasteiger partial charge < -0.3 is 15.0 Å². The number of rotatable bonds is 7. The lowest BCUT2D eigenvalue weighted by Crippen LogP contribution is -2.06. The van der Waals surface area contributed by atoms with Crippen molar-refractivity contribution in [1.29, 1.82) is 0 Å². The highest BCUT2D eigenvalue weighted by molar-refractivity contribution is 5.71. The number of hydrogen-bond donors (Lipinski definition) is 1. The van der Waals surface area contributed by atoms with E-state index in [1.807, 2.05) is 31.2 Å². The molecule has 0 amide bonds. The van der Waals surface area contributed by atoms with Gasteiger partial charge in [0.15, 0.2) is 0 Å². The molecule has 0 radical (unpaired) electrons. The number of benzene rings is 1. The Hall–Kier alpha value is -1.97. The van der Waals surface area contributed by atoms with Crippen molar-refractivity contribution < 1.29 is 4.74 Å². The second kappa shape index (κ2) is 7.16. The lowest BCUT2D eigenvalue weighted by atomic mass is 10.1. The number of imidazole rings is 1. The number of hydrogen-bond acceptors (Lipinski definition) is 3. The Labute approximate surface area is 127 Å². The van der Waals surface area contributed by atoms with Gasteiger partial charge in [-0.2, -0.15) is 0 Å². The van der Waals surface area contributed by atoms with Gasteiger partial charge in [0.05, 0.1) is 6.61 Å². The summed E-state index contributed by atoms with van der Waals surface area (Å²) in [5, 5.41) is 0. The van der Waals surface area contributed by atoms with Crippen LogP contribution in [-0.2, 0) is 13.0 Å². The van der Waals surface area contributed by atoms with Gasteiger partial charge in [-0.3, -0.25) is 0 Å². The SMILES string of the molecule is CCCc1nc(-c2ccc(OCC)cc2)c(N)n1CCC. The van der Waals surface area contributed by atoms with Gasteiger partial charge in [-0.25, -0.2) is 4.98 Å². The van der Waals surface area contributed by atoms with Crippen LogP contribution in [0.2, 0.25) is 0 Å². The molecule has 0 aliphatic carbocycles. The summed E-state index contributed by atoms with van der Waals surface area (Å²) < 4.78 is 7.62. The van der Waals surface area contributed by atoms with Crippen LogP contribution in [0.4, 0.5) is 5.82 Å². The van der Waals surface area contributed by atoms with Crippen LogP contribution < -0.4 is 10.5 Å². The molecule has 2 rings (SSSR count). The van der Waals surface area contributed by atoms with Gasteiger partial charge in [-0.05, 0) is 44.0 Å². The summed E-state index contributed by atoms with van der Waals surface area (Å²) >= 11 is 0. The molecular weight excluding hydrogens is 262 g/mol. The molecule has 1 aromatic heterocycles. The molecule has 1 aromatic carbocycles. The zero-order valence-electron chi connectivity index (χ0n) is 13.2. The standard InChI is InChI=1S/C17H25N3O/c1-4-7-15-19-16(17(18)20(15)12-5-2)13-8-10-14(11-9-13)21-6-3/h8-11H,4-7,12,18H2,1-3H3. The van der Waals surface area contributed by atoms with E-state index in [2.05, 4.69) is 18.4 Å². The summed E-state index contributed by atoms with van der Waals surface area (Å²) in [5.74, 6) is 2.73. The largest absolute Gasteiger partial charge is 0.494 e. The average molecular weight is 287 g/mol. The highest BCUT2D eigenvalue weighted by atomic mass is 16.5. The molecule has 0 fully saturated rings. The van der Waals surface area contributed by atoms with Crippen LogP contribution in [0.25, 0.3) is 11.3 Å². The third-order valence-corrected chi connectivity index (χ3v) is 3.45. The van der Waals surface area contributed by atoms with Gasteiger partial charge in [-0.1, -0.05) is 13.8 Å². The van der Waals surface area contributed by atoms with Gasteiger partial charge in [0.1, 0.15) is 23.1 Å². The van der Waals surface area contributed by atoms with E-state index < -0.39 is 0 Å². The van der Waals surface area contributed by atoms with E-state index in [1.54, 1.807) is 0 Å². The summed E-state index contributed by atoms with van der Waals surface area (Å²) in [6.45, 7) is 7.90. The second-order valence-corrected chi connectivity index (χ2v) is 5.12. The molecule has 0 atom stereocenters. The molecule has 0 aliphatic rings. The second-order valence-electron chi connectivity index (χ2n) is 5.12. The van der Waals surface area contributed by atoms with E-state index in [0.717, 1.165) is 54.5 Å². The Morgan fingerprint density at radius 3 is 2.38 bits per heavy atom. The molecule has 0 aliphatic heterocycles. The third kappa shape index (κ3) is 3.38. The first-order valence-electron chi connectivity index (χ1n) is 7.79. The van der Waals surface area contributed by atoms with Crippen molar-refractivity contribution in [3.63, 3.8) is 0 Å². The molecule has 2 aromatic rings. The fourth-order valence-corrected chi connectivity index (χ4v) is 2.49. The molecule has 0 unspecified atom stereocenters. The molecule has 114 valence electrons. The Morgan fingerprint density at radius 1 is 1.10 bits per heavy atom. The Morgan fingerprint density at radius 2 is 1.81 bits per heavy atom. The van der Waals surface area contributed by atoms with Crippen LogP contribution in [0.15, 0.2) is 24.3 Å². The maximum atomic E-state index is 6.32. The molecule has 2 N–H and O–H groups in total. The number of anilines is 1. The summed E-state index contributed by atoms with van der Waals surface area (Å²) in [6, 6.07) is 7.98. The van der Waals surface area contributed by atoms with Crippen LogP contribution in [0.1, 0.15) is 39.4 Å². The minimum atomic E-state index is 0.674. The van der Waals surface area contributed by atoms with Crippen molar-refractivity contribution in [2.75, 3.05) is 12.3 Å². The van der Waals surface area contributed by atoms with Crippen molar-refractivity contribution in [2.24, 2.45) is 0 Å². The van der Waals surface area contributed by atoms with Crippen LogP contribution in [-0.4, -0.2) is 16.2 Å². The Balaban J connectivity index is 2.36. The summed E-state index contributed by atoms with van der Waals surface area (Å²) in [7, 11) is 0. The molecule has 21 heavy (non-hydrogen) atoms. The monoisotopic (exact) mass is 287 g/mol. The van der Waals surface area contributed by atoms with Gasteiger partial charge in [0, 0.05) is 18.5 Å². The number of ether oxygens (including phenoxy) is 1. The first-order chi connectivity index (χ1) is 10.2. The molecule has 1 heterocycles. The van der Waals surface area contributed by atoms with Crippen LogP contribution in [0, 0.1) is 0 Å². The minimum absolute atomic E-state index is 0.674. The maximum Gasteiger partial charge on any atom is 0.131 e. The first kappa shape index (κ1) is 15.4. The van der Waals surface area contributed by atoms with E-state index in [0.29, 0.717) is 6.61 Å². The van der Waals surface area contributed by atoms with E-state index >= 15 is 0 Å². The molecular formula is C17H25N3O. The predicted molar refractivity (Wildman–Crippen MR) is 87.5 cm³/mol. The van der Waals surface area contributed by atoms with Crippen LogP contribution in [0.3, 0.4) is 0 Å². The fourth-order valence-electron chi connectivity index (χ4n) is 2.49. The lowest BCUT2D eigenvalue weighted by molar-refractivity contribution is 0.340. The van der Waals surface area contributed by atoms with Gasteiger partial charge >= 0.3 is 0 Å². The fraction of sp³-hybridized carbons (Fsp3) is 0.471. The van der Waals surface area contributed by atoms with Gasteiger partial charge in [0.25, 0.3) is 0 Å². The smallest absolute Gasteiger partial charge is 0.131 e. The number of nitrogens with zero attached hydrogens (tertiary/aromatic N) is 2. The third-order valence-electron chi connectivity index (χ3n) is 3.45. The minimum Gasteiger partial charge on any atom is -0.494 e. The summed E-state index contributed by atoms with van der Waals surface area (Å²) in [6.07, 6.45) is 3.09. The van der Waals surface area contributed by atoms with Gasteiger partial charge in [-0.15, -0.1) is 0 Å². The highest BCUT2D eigenvalue weighted by Gasteiger charge is 2.15. The molecule has 0 bridgehead atoms. The van der Waals surface area contributed by atoms with Crippen LogP contribution >= 0.6 is 0 Å². The van der Waals surface area contributed by atoms with E-state index in [1.165, 1.54) is 0 Å². The van der Waals surface area contributed by atoms with Crippen molar-refractivity contribution in [3.8, 4) is 17.0 Å². The summed E-state index contributed by atoms with van der Waals surface area (Å²) in [5.41, 5.74) is 8.25. The Bertz CT molecular complexity index is 572. The van der Waals surface area contributed by atoms with Crippen molar-refractivity contribution in [1.82, 2.24) is 9.55 Å². The van der Waals surface area contributed by atoms with Gasteiger partial charge in [0.2, 0.25) is 0 Å². The number of nitrogens with two attached hydrogens (primary N) is 1. The number of aromatic nitrogens is 2. The molecule has 4 nitrogen and oxygen atoms in total. The topological polar surface area (TPSA) is 53.1 Å². The first-order valence-corrected chi connectivity index (χ1v) is 7.79. The van der Waals surface area contributed by atoms with Crippen LogP contribution in [0.5, 0.6) is 5.75 Å². The van der Waals surface area contributed by atoms with Crippen molar-refractivity contribution >= 4 is 5.82 Å². The zero-order chi connectivity index (χ0) is 15.2. The average Bonchev–Trinajstić information content (AvgIpc) is 2.79. The van der Waals surface area contributed by atoms with Crippen molar-refractivity contribution in [3.05, 3.63) is 30.1 Å². The zero-order valence-corrected chi connectivity index (χ0v) is 13.2. The van der Waals surface area contributed by atoms with Crippen molar-refractivity contribution in [2.45, 2.75) is 46.6 Å². The molecule has 0 saturated carbocycles.